The number of carbonyl (C=O) groups is 1. The van der Waals surface area contributed by atoms with Gasteiger partial charge in [0.1, 0.15) is 0 Å². The van der Waals surface area contributed by atoms with Gasteiger partial charge in [-0.1, -0.05) is 0 Å². The van der Waals surface area contributed by atoms with Gasteiger partial charge in [-0.15, -0.1) is 0 Å². The van der Waals surface area contributed by atoms with Crippen molar-refractivity contribution in [2.75, 3.05) is 39.1 Å². The normalized spacial score (nSPS) is 21.7. The fourth-order valence-corrected chi connectivity index (χ4v) is 3.04. The smallest absolute Gasteiger partial charge is 0.308 e. The first-order valence-electron chi connectivity index (χ1n) is 6.79. The Labute approximate surface area is 121 Å². The van der Waals surface area contributed by atoms with Crippen LogP contribution in [0, 0.1) is 0 Å². The van der Waals surface area contributed by atoms with E-state index in [1.807, 2.05) is 4.90 Å². The van der Waals surface area contributed by atoms with Gasteiger partial charge in [0.15, 0.2) is 9.84 Å². The quantitative estimate of drug-likeness (QED) is 0.687. The molecule has 1 saturated heterocycles. The summed E-state index contributed by atoms with van der Waals surface area (Å²) in [6.07, 6.45) is -0.00695. The SMILES string of the molecule is COC(=O)CC1CN(CCS(=O)(=O)C(C)(C)C)CCO1. The van der Waals surface area contributed by atoms with Crippen molar-refractivity contribution >= 4 is 15.8 Å². The van der Waals surface area contributed by atoms with Gasteiger partial charge < -0.3 is 9.47 Å². The Morgan fingerprint density at radius 3 is 2.60 bits per heavy atom. The maximum absolute atomic E-state index is 12.1. The number of morpholine rings is 1. The zero-order valence-corrected chi connectivity index (χ0v) is 13.5. The van der Waals surface area contributed by atoms with E-state index in [1.54, 1.807) is 20.8 Å². The van der Waals surface area contributed by atoms with Crippen molar-refractivity contribution in [2.24, 2.45) is 0 Å². The van der Waals surface area contributed by atoms with Crippen molar-refractivity contribution in [1.29, 1.82) is 0 Å². The molecule has 1 rings (SSSR count). The van der Waals surface area contributed by atoms with E-state index in [0.29, 0.717) is 26.2 Å². The van der Waals surface area contributed by atoms with Crippen molar-refractivity contribution in [3.63, 3.8) is 0 Å². The third-order valence-electron chi connectivity index (χ3n) is 3.45. The molecule has 0 aliphatic carbocycles. The van der Waals surface area contributed by atoms with Crippen LogP contribution in [0.15, 0.2) is 0 Å². The zero-order chi connectivity index (χ0) is 15.4. The van der Waals surface area contributed by atoms with Crippen LogP contribution >= 0.6 is 0 Å². The highest BCUT2D eigenvalue weighted by atomic mass is 32.2. The number of sulfone groups is 1. The van der Waals surface area contributed by atoms with Crippen molar-refractivity contribution in [3.05, 3.63) is 0 Å². The Morgan fingerprint density at radius 2 is 2.05 bits per heavy atom. The highest BCUT2D eigenvalue weighted by molar-refractivity contribution is 7.92. The predicted molar refractivity (Wildman–Crippen MR) is 76.4 cm³/mol. The molecule has 1 heterocycles. The molecular weight excluding hydrogens is 282 g/mol. The van der Waals surface area contributed by atoms with Gasteiger partial charge in [-0.05, 0) is 20.8 Å². The standard InChI is InChI=1S/C13H25NO5S/c1-13(2,3)20(16,17)8-6-14-5-7-19-11(10-14)9-12(15)18-4/h11H,5-10H2,1-4H3. The Morgan fingerprint density at radius 1 is 1.40 bits per heavy atom. The zero-order valence-electron chi connectivity index (χ0n) is 12.7. The summed E-state index contributed by atoms with van der Waals surface area (Å²) < 4.78 is 33.5. The summed E-state index contributed by atoms with van der Waals surface area (Å²) in [5.41, 5.74) is 0. The van der Waals surface area contributed by atoms with E-state index in [-0.39, 0.29) is 24.2 Å². The highest BCUT2D eigenvalue weighted by Crippen LogP contribution is 2.17. The molecule has 0 aromatic carbocycles. The van der Waals surface area contributed by atoms with E-state index in [1.165, 1.54) is 7.11 Å². The lowest BCUT2D eigenvalue weighted by molar-refractivity contribution is -0.145. The number of nitrogens with zero attached hydrogens (tertiary/aromatic N) is 1. The van der Waals surface area contributed by atoms with E-state index >= 15 is 0 Å². The average molecular weight is 307 g/mol. The molecule has 0 aromatic heterocycles. The molecule has 0 N–H and O–H groups in total. The topological polar surface area (TPSA) is 72.9 Å². The molecule has 20 heavy (non-hydrogen) atoms. The second kappa shape index (κ2) is 6.87. The number of methoxy groups -OCH3 is 1. The third-order valence-corrected chi connectivity index (χ3v) is 6.04. The van der Waals surface area contributed by atoms with E-state index in [4.69, 9.17) is 4.74 Å². The average Bonchev–Trinajstić information content (AvgIpc) is 2.35. The van der Waals surface area contributed by atoms with E-state index in [2.05, 4.69) is 4.74 Å². The molecule has 6 nitrogen and oxygen atoms in total. The summed E-state index contributed by atoms with van der Waals surface area (Å²) in [5.74, 6) is -0.180. The lowest BCUT2D eigenvalue weighted by Crippen LogP contribution is -2.46. The fourth-order valence-electron chi connectivity index (χ4n) is 1.93. The van der Waals surface area contributed by atoms with Gasteiger partial charge in [0.25, 0.3) is 0 Å². The fraction of sp³-hybridized carbons (Fsp3) is 0.923. The number of carbonyl (C=O) groups excluding carboxylic acids is 1. The Bertz CT molecular complexity index is 427. The summed E-state index contributed by atoms with van der Waals surface area (Å²) in [6.45, 7) is 7.37. The minimum absolute atomic E-state index is 0.126. The Balaban J connectivity index is 2.47. The maximum Gasteiger partial charge on any atom is 0.308 e. The molecule has 1 fully saturated rings. The van der Waals surface area contributed by atoms with Crippen LogP contribution in [0.2, 0.25) is 0 Å². The first kappa shape index (κ1) is 17.4. The predicted octanol–water partition coefficient (Wildman–Crippen LogP) is 0.464. The lowest BCUT2D eigenvalue weighted by atomic mass is 10.2. The molecule has 7 heteroatoms. The van der Waals surface area contributed by atoms with Gasteiger partial charge in [-0.2, -0.15) is 0 Å². The van der Waals surface area contributed by atoms with Gasteiger partial charge in [-0.3, -0.25) is 9.69 Å². The monoisotopic (exact) mass is 307 g/mol. The summed E-state index contributed by atoms with van der Waals surface area (Å²) in [4.78, 5) is 13.2. The summed E-state index contributed by atoms with van der Waals surface area (Å²) in [6, 6.07) is 0. The molecule has 1 unspecified atom stereocenters. The molecule has 1 aliphatic rings. The van der Waals surface area contributed by atoms with Crippen LogP contribution in [0.3, 0.4) is 0 Å². The summed E-state index contributed by atoms with van der Waals surface area (Å²) in [7, 11) is -1.77. The Kier molecular flexibility index (Phi) is 5.97. The van der Waals surface area contributed by atoms with E-state index < -0.39 is 14.6 Å². The number of rotatable bonds is 5. The second-order valence-electron chi connectivity index (χ2n) is 6.00. The van der Waals surface area contributed by atoms with Crippen molar-refractivity contribution in [1.82, 2.24) is 4.90 Å². The first-order chi connectivity index (χ1) is 9.15. The molecule has 0 spiro atoms. The van der Waals surface area contributed by atoms with Crippen LogP contribution in [0.25, 0.3) is 0 Å². The first-order valence-corrected chi connectivity index (χ1v) is 8.44. The maximum atomic E-state index is 12.1. The molecule has 1 atom stereocenters. The molecule has 0 radical (unpaired) electrons. The van der Waals surface area contributed by atoms with E-state index in [9.17, 15) is 13.2 Å². The van der Waals surface area contributed by atoms with Crippen LogP contribution in [0.1, 0.15) is 27.2 Å². The number of esters is 1. The van der Waals surface area contributed by atoms with Gasteiger partial charge >= 0.3 is 5.97 Å². The van der Waals surface area contributed by atoms with E-state index in [0.717, 1.165) is 0 Å². The molecule has 118 valence electrons. The van der Waals surface area contributed by atoms with Crippen molar-refractivity contribution in [3.8, 4) is 0 Å². The summed E-state index contributed by atoms with van der Waals surface area (Å²) >= 11 is 0. The van der Waals surface area contributed by atoms with Crippen molar-refractivity contribution in [2.45, 2.75) is 38.0 Å². The van der Waals surface area contributed by atoms with Crippen LogP contribution in [-0.2, 0) is 24.1 Å². The van der Waals surface area contributed by atoms with Gasteiger partial charge in [-0.25, -0.2) is 8.42 Å². The summed E-state index contributed by atoms with van der Waals surface area (Å²) in [5, 5.41) is 0. The Hall–Kier alpha value is -0.660. The largest absolute Gasteiger partial charge is 0.469 e. The third kappa shape index (κ3) is 5.03. The van der Waals surface area contributed by atoms with Gasteiger partial charge in [0.05, 0.1) is 36.7 Å². The molecule has 0 saturated carbocycles. The number of hydrogen-bond acceptors (Lipinski definition) is 6. The molecule has 1 aliphatic heterocycles. The lowest BCUT2D eigenvalue weighted by Gasteiger charge is -2.33. The van der Waals surface area contributed by atoms with Gasteiger partial charge in [0, 0.05) is 19.6 Å². The highest BCUT2D eigenvalue weighted by Gasteiger charge is 2.30. The van der Waals surface area contributed by atoms with Crippen LogP contribution in [-0.4, -0.2) is 69.2 Å². The molecule has 0 bridgehead atoms. The van der Waals surface area contributed by atoms with Gasteiger partial charge in [0.2, 0.25) is 0 Å². The molecule has 0 aromatic rings. The number of ether oxygens (including phenoxy) is 2. The van der Waals surface area contributed by atoms with Crippen LogP contribution in [0.5, 0.6) is 0 Å². The molecule has 0 amide bonds. The number of hydrogen-bond donors (Lipinski definition) is 0. The van der Waals surface area contributed by atoms with Crippen molar-refractivity contribution < 1.29 is 22.7 Å². The second-order valence-corrected chi connectivity index (χ2v) is 8.87. The molecular formula is C13H25NO5S. The van der Waals surface area contributed by atoms with Crippen LogP contribution in [0.4, 0.5) is 0 Å². The van der Waals surface area contributed by atoms with Crippen LogP contribution < -0.4 is 0 Å². The minimum Gasteiger partial charge on any atom is -0.469 e. The minimum atomic E-state index is -3.12.